The SMILES string of the molecule is C=C1C(=O)OC2/C=C(/CO)CC/C=C(/CCl)CCC12. The summed E-state index contributed by atoms with van der Waals surface area (Å²) in [6, 6.07) is 0. The van der Waals surface area contributed by atoms with Crippen LogP contribution in [0.15, 0.2) is 35.5 Å². The Labute approximate surface area is 118 Å². The molecule has 0 aromatic carbocycles. The van der Waals surface area contributed by atoms with E-state index in [1.165, 1.54) is 5.57 Å². The van der Waals surface area contributed by atoms with Gasteiger partial charge in [0, 0.05) is 17.4 Å². The van der Waals surface area contributed by atoms with E-state index in [1.54, 1.807) is 0 Å². The summed E-state index contributed by atoms with van der Waals surface area (Å²) < 4.78 is 5.33. The van der Waals surface area contributed by atoms with Gasteiger partial charge in [0.15, 0.2) is 0 Å². The van der Waals surface area contributed by atoms with Gasteiger partial charge in [0.1, 0.15) is 6.10 Å². The van der Waals surface area contributed by atoms with Crippen LogP contribution in [-0.2, 0) is 9.53 Å². The quantitative estimate of drug-likeness (QED) is 0.367. The molecule has 1 fully saturated rings. The topological polar surface area (TPSA) is 46.5 Å². The lowest BCUT2D eigenvalue weighted by atomic mass is 9.88. The van der Waals surface area contributed by atoms with Gasteiger partial charge in [-0.1, -0.05) is 18.2 Å². The second-order valence-corrected chi connectivity index (χ2v) is 5.33. The summed E-state index contributed by atoms with van der Waals surface area (Å²) in [7, 11) is 0. The number of esters is 1. The molecule has 0 saturated carbocycles. The first-order valence-electron chi connectivity index (χ1n) is 6.59. The van der Waals surface area contributed by atoms with Crippen molar-refractivity contribution in [1.82, 2.24) is 0 Å². The molecule has 0 aromatic heterocycles. The average Bonchev–Trinajstić information content (AvgIpc) is 2.68. The van der Waals surface area contributed by atoms with Crippen molar-refractivity contribution in [1.29, 1.82) is 0 Å². The van der Waals surface area contributed by atoms with E-state index in [4.69, 9.17) is 16.3 Å². The molecule has 0 aromatic rings. The van der Waals surface area contributed by atoms with Crippen LogP contribution in [0.5, 0.6) is 0 Å². The van der Waals surface area contributed by atoms with Crippen LogP contribution in [0, 0.1) is 5.92 Å². The third-order valence-electron chi connectivity index (χ3n) is 3.80. The molecule has 0 spiro atoms. The number of ether oxygens (including phenoxy) is 1. The van der Waals surface area contributed by atoms with Crippen LogP contribution >= 0.6 is 11.6 Å². The van der Waals surface area contributed by atoms with Crippen molar-refractivity contribution in [3.8, 4) is 0 Å². The number of rotatable bonds is 2. The van der Waals surface area contributed by atoms with Crippen molar-refractivity contribution in [2.24, 2.45) is 5.92 Å². The monoisotopic (exact) mass is 282 g/mol. The van der Waals surface area contributed by atoms with E-state index in [9.17, 15) is 9.90 Å². The Kier molecular flexibility index (Phi) is 4.83. The Morgan fingerprint density at radius 3 is 2.89 bits per heavy atom. The zero-order valence-electron chi connectivity index (χ0n) is 10.9. The Balaban J connectivity index is 2.25. The lowest BCUT2D eigenvalue weighted by Crippen LogP contribution is -2.16. The average molecular weight is 283 g/mol. The number of allylic oxidation sites excluding steroid dienone is 2. The Bertz CT molecular complexity index is 437. The molecule has 1 aliphatic heterocycles. The van der Waals surface area contributed by atoms with Gasteiger partial charge in [-0.2, -0.15) is 0 Å². The highest BCUT2D eigenvalue weighted by molar-refractivity contribution is 6.19. The van der Waals surface area contributed by atoms with Gasteiger partial charge in [-0.05, 0) is 37.3 Å². The van der Waals surface area contributed by atoms with Crippen LogP contribution in [0.3, 0.4) is 0 Å². The van der Waals surface area contributed by atoms with Crippen LogP contribution in [0.25, 0.3) is 0 Å². The molecular weight excluding hydrogens is 264 g/mol. The summed E-state index contributed by atoms with van der Waals surface area (Å²) in [4.78, 5) is 11.6. The highest BCUT2D eigenvalue weighted by atomic mass is 35.5. The lowest BCUT2D eigenvalue weighted by molar-refractivity contribution is -0.137. The van der Waals surface area contributed by atoms with Crippen molar-refractivity contribution in [3.05, 3.63) is 35.5 Å². The molecule has 1 aliphatic carbocycles. The van der Waals surface area contributed by atoms with Crippen LogP contribution in [0.1, 0.15) is 25.7 Å². The fraction of sp³-hybridized carbons (Fsp3) is 0.533. The number of hydrogen-bond acceptors (Lipinski definition) is 3. The summed E-state index contributed by atoms with van der Waals surface area (Å²) >= 11 is 5.93. The number of carbonyl (C=O) groups is 1. The number of fused-ring (bicyclic) bond motifs is 1. The zero-order valence-corrected chi connectivity index (χ0v) is 11.7. The number of halogens is 1. The number of hydrogen-bond donors (Lipinski definition) is 1. The predicted octanol–water partition coefficient (Wildman–Crippen LogP) is 2.74. The highest BCUT2D eigenvalue weighted by Gasteiger charge is 2.37. The second-order valence-electron chi connectivity index (χ2n) is 5.06. The molecule has 0 amide bonds. The van der Waals surface area contributed by atoms with Gasteiger partial charge in [-0.25, -0.2) is 4.79 Å². The van der Waals surface area contributed by atoms with Gasteiger partial charge >= 0.3 is 5.97 Å². The van der Waals surface area contributed by atoms with Gasteiger partial charge in [-0.15, -0.1) is 11.6 Å². The van der Waals surface area contributed by atoms with Crippen molar-refractivity contribution in [2.45, 2.75) is 31.8 Å². The highest BCUT2D eigenvalue weighted by Crippen LogP contribution is 2.34. The molecular formula is C15H19ClO3. The molecule has 4 heteroatoms. The largest absolute Gasteiger partial charge is 0.454 e. The van der Waals surface area contributed by atoms with Crippen molar-refractivity contribution in [3.63, 3.8) is 0 Å². The zero-order chi connectivity index (χ0) is 13.8. The fourth-order valence-electron chi connectivity index (χ4n) is 2.59. The first kappa shape index (κ1) is 14.4. The van der Waals surface area contributed by atoms with E-state index in [-0.39, 0.29) is 24.6 Å². The number of aliphatic hydroxyl groups is 1. The fourth-order valence-corrected chi connectivity index (χ4v) is 2.84. The molecule has 1 N–H and O–H groups in total. The Hall–Kier alpha value is -1.06. The van der Waals surface area contributed by atoms with Gasteiger partial charge in [0.25, 0.3) is 0 Å². The molecule has 1 heterocycles. The molecule has 104 valence electrons. The molecule has 19 heavy (non-hydrogen) atoms. The Morgan fingerprint density at radius 2 is 2.21 bits per heavy atom. The van der Waals surface area contributed by atoms with Gasteiger partial charge in [-0.3, -0.25) is 0 Å². The van der Waals surface area contributed by atoms with Crippen molar-refractivity contribution < 1.29 is 14.6 Å². The van der Waals surface area contributed by atoms with Gasteiger partial charge in [0.2, 0.25) is 0 Å². The normalized spacial score (nSPS) is 33.8. The van der Waals surface area contributed by atoms with Crippen LogP contribution in [0.4, 0.5) is 0 Å². The minimum absolute atomic E-state index is 0.00114. The molecule has 2 rings (SSSR count). The van der Waals surface area contributed by atoms with Crippen molar-refractivity contribution in [2.75, 3.05) is 12.5 Å². The molecule has 1 saturated heterocycles. The van der Waals surface area contributed by atoms with Gasteiger partial charge < -0.3 is 9.84 Å². The number of aliphatic hydroxyl groups excluding tert-OH is 1. The standard InChI is InChI=1S/C15H19ClO3/c1-10-13-6-5-11(8-16)3-2-4-12(9-17)7-14(13)19-15(10)18/h3,7,13-14,17H,1-2,4-6,8-9H2/b11-3+,12-7+. The number of alkyl halides is 1. The summed E-state index contributed by atoms with van der Waals surface area (Å²) in [6.45, 7) is 3.83. The molecule has 0 bridgehead atoms. The molecule has 0 radical (unpaired) electrons. The van der Waals surface area contributed by atoms with E-state index >= 15 is 0 Å². The third-order valence-corrected chi connectivity index (χ3v) is 4.14. The predicted molar refractivity (Wildman–Crippen MR) is 74.9 cm³/mol. The molecule has 2 aliphatic rings. The maximum atomic E-state index is 11.6. The van der Waals surface area contributed by atoms with Gasteiger partial charge in [0.05, 0.1) is 6.61 Å². The molecule has 3 nitrogen and oxygen atoms in total. The van der Waals surface area contributed by atoms with Crippen LogP contribution in [-0.4, -0.2) is 29.7 Å². The summed E-state index contributed by atoms with van der Waals surface area (Å²) in [5.74, 6) is 0.189. The second kappa shape index (κ2) is 6.40. The first-order chi connectivity index (χ1) is 9.15. The maximum Gasteiger partial charge on any atom is 0.334 e. The van der Waals surface area contributed by atoms with E-state index in [0.29, 0.717) is 11.5 Å². The minimum Gasteiger partial charge on any atom is -0.454 e. The third kappa shape index (κ3) is 3.28. The van der Waals surface area contributed by atoms with E-state index in [2.05, 4.69) is 12.7 Å². The summed E-state index contributed by atoms with van der Waals surface area (Å²) in [5, 5.41) is 9.37. The lowest BCUT2D eigenvalue weighted by Gasteiger charge is -2.18. The Morgan fingerprint density at radius 1 is 1.42 bits per heavy atom. The van der Waals surface area contributed by atoms with Crippen molar-refractivity contribution >= 4 is 17.6 Å². The molecule has 2 atom stereocenters. The van der Waals surface area contributed by atoms with Crippen LogP contribution < -0.4 is 0 Å². The maximum absolute atomic E-state index is 11.6. The van der Waals surface area contributed by atoms with E-state index in [0.717, 1.165) is 31.3 Å². The van der Waals surface area contributed by atoms with Crippen LogP contribution in [0.2, 0.25) is 0 Å². The summed E-state index contributed by atoms with van der Waals surface area (Å²) in [5.41, 5.74) is 2.63. The smallest absolute Gasteiger partial charge is 0.334 e. The van der Waals surface area contributed by atoms with E-state index < -0.39 is 0 Å². The molecule has 2 unspecified atom stereocenters. The summed E-state index contributed by atoms with van der Waals surface area (Å²) in [6.07, 6.45) is 7.05. The minimum atomic E-state index is -0.320. The number of carbonyl (C=O) groups excluding carboxylic acids is 1. The van der Waals surface area contributed by atoms with E-state index in [1.807, 2.05) is 6.08 Å². The first-order valence-corrected chi connectivity index (χ1v) is 7.13.